The molecule has 90 valence electrons. The lowest BCUT2D eigenvalue weighted by Crippen LogP contribution is -2.00. The van der Waals surface area contributed by atoms with E-state index in [-0.39, 0.29) is 0 Å². The van der Waals surface area contributed by atoms with E-state index in [1.807, 2.05) is 6.07 Å². The highest BCUT2D eigenvalue weighted by molar-refractivity contribution is 9.10. The number of nitrogens with zero attached hydrogens (tertiary/aromatic N) is 1. The van der Waals surface area contributed by atoms with E-state index in [1.165, 1.54) is 31.2 Å². The predicted molar refractivity (Wildman–Crippen MR) is 71.2 cm³/mol. The van der Waals surface area contributed by atoms with Gasteiger partial charge in [-0.05, 0) is 51.9 Å². The Morgan fingerprint density at radius 3 is 2.71 bits per heavy atom. The van der Waals surface area contributed by atoms with E-state index in [1.54, 1.807) is 7.11 Å². The molecule has 2 nitrogen and oxygen atoms in total. The van der Waals surface area contributed by atoms with Crippen molar-refractivity contribution < 1.29 is 4.74 Å². The van der Waals surface area contributed by atoms with Gasteiger partial charge >= 0.3 is 0 Å². The molecule has 0 saturated heterocycles. The quantitative estimate of drug-likeness (QED) is 0.837. The van der Waals surface area contributed by atoms with Gasteiger partial charge in [0.05, 0.1) is 24.1 Å². The van der Waals surface area contributed by atoms with Crippen molar-refractivity contribution in [3.05, 3.63) is 27.7 Å². The van der Waals surface area contributed by atoms with Crippen LogP contribution in [0.25, 0.3) is 0 Å². The van der Waals surface area contributed by atoms with E-state index >= 15 is 0 Å². The molecule has 1 aliphatic carbocycles. The van der Waals surface area contributed by atoms with Gasteiger partial charge in [-0.1, -0.05) is 18.9 Å². The van der Waals surface area contributed by atoms with Gasteiger partial charge in [0.1, 0.15) is 5.75 Å². The van der Waals surface area contributed by atoms with Gasteiger partial charge in [-0.25, -0.2) is 0 Å². The number of methoxy groups -OCH3 is 1. The van der Waals surface area contributed by atoms with E-state index in [2.05, 4.69) is 28.1 Å². The minimum absolute atomic E-state index is 0.461. The number of benzene rings is 1. The fraction of sp³-hybridized carbons (Fsp3) is 0.500. The third-order valence-electron chi connectivity index (χ3n) is 3.41. The van der Waals surface area contributed by atoms with Crippen LogP contribution in [0.3, 0.4) is 0 Å². The summed E-state index contributed by atoms with van der Waals surface area (Å²) in [5.41, 5.74) is 2.34. The molecule has 0 atom stereocenters. The Hall–Kier alpha value is -1.01. The minimum atomic E-state index is 0.461. The molecule has 1 fully saturated rings. The monoisotopic (exact) mass is 293 g/mol. The zero-order chi connectivity index (χ0) is 12.3. The molecule has 0 unspecified atom stereocenters. The van der Waals surface area contributed by atoms with E-state index in [0.29, 0.717) is 12.3 Å². The summed E-state index contributed by atoms with van der Waals surface area (Å²) in [7, 11) is 1.71. The van der Waals surface area contributed by atoms with Crippen LogP contribution >= 0.6 is 15.9 Å². The number of hydrogen-bond donors (Lipinski definition) is 0. The van der Waals surface area contributed by atoms with Gasteiger partial charge in [0, 0.05) is 0 Å². The fourth-order valence-electron chi connectivity index (χ4n) is 2.62. The highest BCUT2D eigenvalue weighted by Crippen LogP contribution is 2.42. The second-order valence-electron chi connectivity index (χ2n) is 4.52. The first kappa shape index (κ1) is 12.4. The number of rotatable bonds is 3. The number of nitriles is 1. The summed E-state index contributed by atoms with van der Waals surface area (Å²) in [4.78, 5) is 0. The average Bonchev–Trinajstić information content (AvgIpc) is 2.82. The Balaban J connectivity index is 2.42. The lowest BCUT2D eigenvalue weighted by Gasteiger charge is -2.17. The van der Waals surface area contributed by atoms with Crippen molar-refractivity contribution in [2.45, 2.75) is 38.0 Å². The summed E-state index contributed by atoms with van der Waals surface area (Å²) in [6, 6.07) is 6.33. The van der Waals surface area contributed by atoms with E-state index in [4.69, 9.17) is 10.00 Å². The molecule has 1 saturated carbocycles. The van der Waals surface area contributed by atoms with Gasteiger partial charge in [0.15, 0.2) is 0 Å². The summed E-state index contributed by atoms with van der Waals surface area (Å²) in [5.74, 6) is 1.54. The zero-order valence-corrected chi connectivity index (χ0v) is 11.6. The molecule has 1 aromatic carbocycles. The fourth-order valence-corrected chi connectivity index (χ4v) is 3.31. The van der Waals surface area contributed by atoms with Crippen LogP contribution in [0.2, 0.25) is 0 Å². The molecule has 0 heterocycles. The number of ether oxygens (including phenoxy) is 1. The normalized spacial score (nSPS) is 15.8. The molecule has 0 radical (unpaired) electrons. The molecule has 0 amide bonds. The van der Waals surface area contributed by atoms with Gasteiger partial charge in [0.2, 0.25) is 0 Å². The maximum absolute atomic E-state index is 8.80. The Bertz CT molecular complexity index is 444. The van der Waals surface area contributed by atoms with Crippen LogP contribution in [0, 0.1) is 11.3 Å². The summed E-state index contributed by atoms with van der Waals surface area (Å²) in [5, 5.41) is 8.80. The van der Waals surface area contributed by atoms with Crippen LogP contribution in [-0.2, 0) is 6.42 Å². The molecule has 0 bridgehead atoms. The number of halogens is 1. The van der Waals surface area contributed by atoms with Crippen molar-refractivity contribution in [1.82, 2.24) is 0 Å². The van der Waals surface area contributed by atoms with Gasteiger partial charge < -0.3 is 4.74 Å². The summed E-state index contributed by atoms with van der Waals surface area (Å²) in [6.45, 7) is 0. The van der Waals surface area contributed by atoms with E-state index in [9.17, 15) is 0 Å². The van der Waals surface area contributed by atoms with Gasteiger partial charge in [0.25, 0.3) is 0 Å². The maximum Gasteiger partial charge on any atom is 0.136 e. The van der Waals surface area contributed by atoms with Crippen LogP contribution in [0.15, 0.2) is 16.6 Å². The first-order chi connectivity index (χ1) is 8.26. The van der Waals surface area contributed by atoms with Crippen molar-refractivity contribution in [2.24, 2.45) is 0 Å². The topological polar surface area (TPSA) is 33.0 Å². The molecule has 0 N–H and O–H groups in total. The summed E-state index contributed by atoms with van der Waals surface area (Å²) >= 11 is 3.54. The van der Waals surface area contributed by atoms with E-state index in [0.717, 1.165) is 15.8 Å². The zero-order valence-electron chi connectivity index (χ0n) is 10.0. The van der Waals surface area contributed by atoms with Crippen LogP contribution in [0.4, 0.5) is 0 Å². The predicted octanol–water partition coefficient (Wildman–Crippen LogP) is 4.18. The van der Waals surface area contributed by atoms with Crippen molar-refractivity contribution in [2.75, 3.05) is 7.11 Å². The smallest absolute Gasteiger partial charge is 0.136 e. The van der Waals surface area contributed by atoms with Crippen LogP contribution in [-0.4, -0.2) is 7.11 Å². The van der Waals surface area contributed by atoms with Crippen LogP contribution < -0.4 is 4.74 Å². The third-order valence-corrected chi connectivity index (χ3v) is 4.00. The van der Waals surface area contributed by atoms with Gasteiger partial charge in [-0.3, -0.25) is 0 Å². The Labute approximate surface area is 111 Å². The second kappa shape index (κ2) is 5.55. The molecule has 2 rings (SSSR count). The highest BCUT2D eigenvalue weighted by Gasteiger charge is 2.22. The van der Waals surface area contributed by atoms with Crippen molar-refractivity contribution in [1.29, 1.82) is 5.26 Å². The molecular weight excluding hydrogens is 278 g/mol. The highest BCUT2D eigenvalue weighted by atomic mass is 79.9. The molecular formula is C14H16BrNO. The molecule has 3 heteroatoms. The molecule has 1 aliphatic rings. The third kappa shape index (κ3) is 2.63. The molecule has 0 aliphatic heterocycles. The van der Waals surface area contributed by atoms with Gasteiger partial charge in [-0.2, -0.15) is 5.26 Å². The minimum Gasteiger partial charge on any atom is -0.495 e. The second-order valence-corrected chi connectivity index (χ2v) is 5.37. The average molecular weight is 294 g/mol. The Kier molecular flexibility index (Phi) is 4.06. The van der Waals surface area contributed by atoms with Crippen molar-refractivity contribution in [3.8, 4) is 11.8 Å². The Morgan fingerprint density at radius 1 is 1.41 bits per heavy atom. The first-order valence-corrected chi connectivity index (χ1v) is 6.78. The summed E-state index contributed by atoms with van der Waals surface area (Å²) < 4.78 is 6.46. The standard InChI is InChI=1S/C14H16BrNO/c1-17-14-12(11-4-2-3-5-11)8-10(6-7-16)9-13(14)15/h8-9,11H,2-6H2,1H3. The lowest BCUT2D eigenvalue weighted by atomic mass is 9.94. The SMILES string of the molecule is COc1c(Br)cc(CC#N)cc1C1CCCC1. The lowest BCUT2D eigenvalue weighted by molar-refractivity contribution is 0.402. The van der Waals surface area contributed by atoms with Gasteiger partial charge in [-0.15, -0.1) is 0 Å². The number of hydrogen-bond acceptors (Lipinski definition) is 2. The molecule has 0 aromatic heterocycles. The van der Waals surface area contributed by atoms with Crippen LogP contribution in [0.5, 0.6) is 5.75 Å². The summed E-state index contributed by atoms with van der Waals surface area (Å²) in [6.07, 6.45) is 5.53. The largest absolute Gasteiger partial charge is 0.495 e. The van der Waals surface area contributed by atoms with Crippen molar-refractivity contribution in [3.63, 3.8) is 0 Å². The van der Waals surface area contributed by atoms with Crippen molar-refractivity contribution >= 4 is 15.9 Å². The molecule has 1 aromatic rings. The molecule has 0 spiro atoms. The Morgan fingerprint density at radius 2 is 2.12 bits per heavy atom. The first-order valence-electron chi connectivity index (χ1n) is 5.99. The maximum atomic E-state index is 8.80. The van der Waals surface area contributed by atoms with Crippen LogP contribution in [0.1, 0.15) is 42.7 Å². The van der Waals surface area contributed by atoms with E-state index < -0.39 is 0 Å². The molecule has 17 heavy (non-hydrogen) atoms.